The number of anilines is 1. The molecule has 0 bridgehead atoms. The molecule has 2 N–H and O–H groups in total. The molecule has 0 fully saturated rings. The van der Waals surface area contributed by atoms with Gasteiger partial charge in [0, 0.05) is 10.7 Å². The van der Waals surface area contributed by atoms with Crippen LogP contribution in [-0.4, -0.2) is 17.0 Å². The summed E-state index contributed by atoms with van der Waals surface area (Å²) in [5, 5.41) is 12.6. The van der Waals surface area contributed by atoms with Gasteiger partial charge in [0.25, 0.3) is 0 Å². The number of carboxylic acids is 1. The van der Waals surface area contributed by atoms with Crippen LogP contribution in [-0.2, 0) is 9.59 Å². The van der Waals surface area contributed by atoms with Crippen LogP contribution >= 0.6 is 11.6 Å². The monoisotopic (exact) mass is 307 g/mol. The molecular formula is C16H18ClNO3. The Bertz CT molecular complexity index is 610. The first-order valence-corrected chi connectivity index (χ1v) is 7.21. The van der Waals surface area contributed by atoms with Gasteiger partial charge >= 0.3 is 5.97 Å². The van der Waals surface area contributed by atoms with Gasteiger partial charge in [0.15, 0.2) is 0 Å². The van der Waals surface area contributed by atoms with Gasteiger partial charge in [0.05, 0.1) is 11.8 Å². The molecule has 21 heavy (non-hydrogen) atoms. The summed E-state index contributed by atoms with van der Waals surface area (Å²) in [6.07, 6.45) is 2.25. The fourth-order valence-corrected chi connectivity index (χ4v) is 2.75. The van der Waals surface area contributed by atoms with E-state index >= 15 is 0 Å². The van der Waals surface area contributed by atoms with Crippen LogP contribution in [0, 0.1) is 25.7 Å². The second-order valence-electron chi connectivity index (χ2n) is 5.45. The summed E-state index contributed by atoms with van der Waals surface area (Å²) in [5.41, 5.74) is 2.69. The summed E-state index contributed by atoms with van der Waals surface area (Å²) in [6.45, 7) is 3.84. The molecule has 4 nitrogen and oxygen atoms in total. The smallest absolute Gasteiger partial charge is 0.307 e. The van der Waals surface area contributed by atoms with E-state index in [0.29, 0.717) is 11.5 Å². The molecule has 0 spiro atoms. The Balaban J connectivity index is 2.20. The maximum atomic E-state index is 12.4. The van der Waals surface area contributed by atoms with Crippen molar-refractivity contribution in [1.29, 1.82) is 0 Å². The first-order valence-electron chi connectivity index (χ1n) is 6.84. The lowest BCUT2D eigenvalue weighted by Crippen LogP contribution is -2.35. The molecule has 1 aromatic rings. The summed E-state index contributed by atoms with van der Waals surface area (Å²) in [4.78, 5) is 23.7. The van der Waals surface area contributed by atoms with Crippen molar-refractivity contribution in [2.75, 3.05) is 5.32 Å². The Labute approximate surface area is 128 Å². The minimum Gasteiger partial charge on any atom is -0.481 e. The number of hydrogen-bond donors (Lipinski definition) is 2. The molecule has 1 aliphatic rings. The number of benzene rings is 1. The maximum absolute atomic E-state index is 12.4. The highest BCUT2D eigenvalue weighted by Crippen LogP contribution is 2.33. The summed E-state index contributed by atoms with van der Waals surface area (Å²) in [6, 6.07) is 5.77. The number of amides is 1. The quantitative estimate of drug-likeness (QED) is 0.898. The van der Waals surface area contributed by atoms with Crippen LogP contribution < -0.4 is 5.32 Å². The van der Waals surface area contributed by atoms with Crippen molar-refractivity contribution in [3.8, 4) is 0 Å². The van der Waals surface area contributed by atoms with E-state index in [1.54, 1.807) is 6.08 Å². The average molecular weight is 308 g/mol. The highest BCUT2D eigenvalue weighted by molar-refractivity contribution is 6.29. The standard InChI is InChI=1S/C16H18ClNO3/c1-9-3-4-10(2)14(7-9)18-15(19)13-8-11(17)5-6-12(13)16(20)21/h3-5,7,12-13H,6,8H2,1-2H3,(H,18,19)(H,20,21)/t12-,13+/m1/s1. The Morgan fingerprint density at radius 1 is 1.29 bits per heavy atom. The third-order valence-corrected chi connectivity index (χ3v) is 4.11. The van der Waals surface area contributed by atoms with Crippen LogP contribution in [0.3, 0.4) is 0 Å². The topological polar surface area (TPSA) is 66.4 Å². The highest BCUT2D eigenvalue weighted by Gasteiger charge is 2.36. The molecule has 112 valence electrons. The molecule has 2 rings (SSSR count). The van der Waals surface area contributed by atoms with Gasteiger partial charge in [-0.25, -0.2) is 0 Å². The van der Waals surface area contributed by atoms with Crippen LogP contribution in [0.4, 0.5) is 5.69 Å². The van der Waals surface area contributed by atoms with Gasteiger partial charge in [-0.1, -0.05) is 29.8 Å². The first kappa shape index (κ1) is 15.6. The Morgan fingerprint density at radius 3 is 2.67 bits per heavy atom. The molecule has 0 saturated carbocycles. The van der Waals surface area contributed by atoms with Crippen molar-refractivity contribution in [1.82, 2.24) is 0 Å². The van der Waals surface area contributed by atoms with Crippen molar-refractivity contribution in [3.63, 3.8) is 0 Å². The van der Waals surface area contributed by atoms with E-state index in [0.717, 1.165) is 16.8 Å². The molecular weight excluding hydrogens is 290 g/mol. The number of hydrogen-bond acceptors (Lipinski definition) is 2. The van der Waals surface area contributed by atoms with E-state index in [1.165, 1.54) is 0 Å². The zero-order valence-corrected chi connectivity index (χ0v) is 12.8. The summed E-state index contributed by atoms with van der Waals surface area (Å²) < 4.78 is 0. The molecule has 1 aliphatic carbocycles. The summed E-state index contributed by atoms with van der Waals surface area (Å²) >= 11 is 5.97. The van der Waals surface area contributed by atoms with E-state index in [1.807, 2.05) is 32.0 Å². The van der Waals surface area contributed by atoms with E-state index < -0.39 is 17.8 Å². The van der Waals surface area contributed by atoms with Gasteiger partial charge in [0.2, 0.25) is 5.91 Å². The zero-order chi connectivity index (χ0) is 15.6. The Kier molecular flexibility index (Phi) is 4.68. The van der Waals surface area contributed by atoms with Gasteiger partial charge < -0.3 is 10.4 Å². The van der Waals surface area contributed by atoms with Crippen LogP contribution in [0.15, 0.2) is 29.3 Å². The number of carboxylic acid groups (broad SMARTS) is 1. The fraction of sp³-hybridized carbons (Fsp3) is 0.375. The number of aryl methyl sites for hydroxylation is 2. The van der Waals surface area contributed by atoms with Crippen molar-refractivity contribution in [2.45, 2.75) is 26.7 Å². The number of nitrogens with one attached hydrogen (secondary N) is 1. The van der Waals surface area contributed by atoms with E-state index in [9.17, 15) is 14.7 Å². The van der Waals surface area contributed by atoms with Gasteiger partial charge in [0.1, 0.15) is 0 Å². The average Bonchev–Trinajstić information content (AvgIpc) is 2.42. The van der Waals surface area contributed by atoms with Crippen molar-refractivity contribution in [2.24, 2.45) is 11.8 Å². The van der Waals surface area contributed by atoms with Crippen LogP contribution in [0.2, 0.25) is 0 Å². The molecule has 2 atom stereocenters. The molecule has 0 radical (unpaired) electrons. The predicted octanol–water partition coefficient (Wildman–Crippen LogP) is 3.48. The van der Waals surface area contributed by atoms with Crippen molar-refractivity contribution >= 4 is 29.2 Å². The zero-order valence-electron chi connectivity index (χ0n) is 12.0. The molecule has 0 heterocycles. The maximum Gasteiger partial charge on any atom is 0.307 e. The number of rotatable bonds is 3. The predicted molar refractivity (Wildman–Crippen MR) is 82.3 cm³/mol. The molecule has 0 aromatic heterocycles. The SMILES string of the molecule is Cc1ccc(C)c(NC(=O)[C@H]2CC(Cl)=CC[C@H]2C(=O)O)c1. The third-order valence-electron chi connectivity index (χ3n) is 3.80. The molecule has 0 saturated heterocycles. The van der Waals surface area contributed by atoms with Gasteiger partial charge in [-0.15, -0.1) is 0 Å². The number of allylic oxidation sites excluding steroid dienone is 2. The number of carbonyl (C=O) groups excluding carboxylic acids is 1. The molecule has 5 heteroatoms. The minimum absolute atomic E-state index is 0.273. The minimum atomic E-state index is -0.962. The summed E-state index contributed by atoms with van der Waals surface area (Å²) in [7, 11) is 0. The highest BCUT2D eigenvalue weighted by atomic mass is 35.5. The largest absolute Gasteiger partial charge is 0.481 e. The van der Waals surface area contributed by atoms with Crippen LogP contribution in [0.1, 0.15) is 24.0 Å². The van der Waals surface area contributed by atoms with Crippen LogP contribution in [0.25, 0.3) is 0 Å². The number of halogens is 1. The summed E-state index contributed by atoms with van der Waals surface area (Å²) in [5.74, 6) is -2.61. The van der Waals surface area contributed by atoms with E-state index in [-0.39, 0.29) is 12.3 Å². The molecule has 0 aliphatic heterocycles. The van der Waals surface area contributed by atoms with Crippen LogP contribution in [0.5, 0.6) is 0 Å². The van der Waals surface area contributed by atoms with Gasteiger partial charge in [-0.2, -0.15) is 0 Å². The first-order chi connectivity index (χ1) is 9.88. The normalized spacial score (nSPS) is 21.6. The third kappa shape index (κ3) is 3.64. The van der Waals surface area contributed by atoms with Gasteiger partial charge in [-0.05, 0) is 43.9 Å². The molecule has 0 unspecified atom stereocenters. The Hall–Kier alpha value is -1.81. The second kappa shape index (κ2) is 6.31. The molecule has 1 amide bonds. The van der Waals surface area contributed by atoms with Gasteiger partial charge in [-0.3, -0.25) is 9.59 Å². The lowest BCUT2D eigenvalue weighted by Gasteiger charge is -2.26. The van der Waals surface area contributed by atoms with E-state index in [2.05, 4.69) is 5.32 Å². The van der Waals surface area contributed by atoms with Crippen molar-refractivity contribution < 1.29 is 14.7 Å². The lowest BCUT2D eigenvalue weighted by atomic mass is 9.82. The number of aliphatic carboxylic acids is 1. The lowest BCUT2D eigenvalue weighted by molar-refractivity contribution is -0.146. The molecule has 1 aromatic carbocycles. The fourth-order valence-electron chi connectivity index (χ4n) is 2.50. The second-order valence-corrected chi connectivity index (χ2v) is 5.94. The van der Waals surface area contributed by atoms with Crippen molar-refractivity contribution in [3.05, 3.63) is 40.4 Å². The number of carbonyl (C=O) groups is 2. The van der Waals surface area contributed by atoms with E-state index in [4.69, 9.17) is 11.6 Å². The Morgan fingerprint density at radius 2 is 2.00 bits per heavy atom.